The number of phosphoric acid groups is 2. The van der Waals surface area contributed by atoms with Gasteiger partial charge >= 0.3 is 39.5 Å². The van der Waals surface area contributed by atoms with Crippen molar-refractivity contribution in [1.82, 2.24) is 0 Å². The zero-order valence-electron chi connectivity index (χ0n) is 68.7. The summed E-state index contributed by atoms with van der Waals surface area (Å²) in [6.45, 7) is 5.05. The van der Waals surface area contributed by atoms with Crippen LogP contribution < -0.4 is 0 Å². The third-order valence-corrected chi connectivity index (χ3v) is 22.3. The molecule has 0 radical (unpaired) electrons. The Bertz CT molecular complexity index is 1980. The van der Waals surface area contributed by atoms with Crippen LogP contribution in [0.5, 0.6) is 0 Å². The second-order valence-electron chi connectivity index (χ2n) is 30.9. The zero-order chi connectivity index (χ0) is 76.7. The summed E-state index contributed by atoms with van der Waals surface area (Å²) >= 11 is 0. The van der Waals surface area contributed by atoms with Crippen molar-refractivity contribution >= 4 is 39.5 Å². The number of carbonyl (C=O) groups excluding carboxylic acids is 4. The fraction of sp³-hybridized carbons (Fsp3) is 0.953. The summed E-state index contributed by atoms with van der Waals surface area (Å²) in [6, 6.07) is 0. The quantitative estimate of drug-likeness (QED) is 0.0222. The lowest BCUT2D eigenvalue weighted by Crippen LogP contribution is -2.30. The third-order valence-electron chi connectivity index (χ3n) is 20.4. The number of carbonyl (C=O) groups is 4. The van der Waals surface area contributed by atoms with Gasteiger partial charge in [-0.05, 0) is 25.7 Å². The first kappa shape index (κ1) is 103. The molecule has 105 heavy (non-hydrogen) atoms. The monoisotopic (exact) mass is 1540 g/mol. The predicted octanol–water partition coefficient (Wildman–Crippen LogP) is 26.5. The van der Waals surface area contributed by atoms with Crippen LogP contribution in [0.4, 0.5) is 0 Å². The van der Waals surface area contributed by atoms with Crippen molar-refractivity contribution in [3.8, 4) is 0 Å². The summed E-state index contributed by atoms with van der Waals surface area (Å²) in [4.78, 5) is 73.2. The van der Waals surface area contributed by atoms with E-state index in [0.717, 1.165) is 89.9 Å². The molecular weight excluding hydrogens is 1370 g/mol. The standard InChI is InChI=1S/C86H168O17P2/c1-5-9-13-17-21-25-29-33-35-37-39-41-43-45-47-49-53-57-61-65-69-73-86(91)103-82(77-97-84(89)71-67-63-59-55-52-48-46-44-42-40-38-36-34-30-26-22-18-14-10-6-2)79-101-105(94,95)99-75-80(87)74-98-104(92,93)100-78-81(102-85(90)72-68-64-60-56-51-32-28-24-20-16-12-8-4)76-96-83(88)70-66-62-58-54-50-31-27-23-19-15-11-7-3/h80-82,87H,5-79H2,1-4H3,(H,92,93)(H,94,95)/t80-,81+,82+/m0/s1. The summed E-state index contributed by atoms with van der Waals surface area (Å²) in [6.07, 6.45) is 75.0. The molecule has 5 atom stereocenters. The van der Waals surface area contributed by atoms with E-state index < -0.39 is 97.5 Å². The number of phosphoric ester groups is 2. The fourth-order valence-corrected chi connectivity index (χ4v) is 15.1. The van der Waals surface area contributed by atoms with Crippen LogP contribution in [-0.4, -0.2) is 96.7 Å². The normalized spacial score (nSPS) is 13.7. The summed E-state index contributed by atoms with van der Waals surface area (Å²) in [7, 11) is -9.92. The average Bonchev–Trinajstić information content (AvgIpc) is 0.919. The smallest absolute Gasteiger partial charge is 0.462 e. The van der Waals surface area contributed by atoms with Crippen molar-refractivity contribution in [2.45, 2.75) is 489 Å². The maximum atomic E-state index is 13.1. The molecule has 624 valence electrons. The van der Waals surface area contributed by atoms with Gasteiger partial charge in [0.15, 0.2) is 12.2 Å². The van der Waals surface area contributed by atoms with E-state index in [1.807, 2.05) is 0 Å². The first-order valence-electron chi connectivity index (χ1n) is 44.8. The molecule has 0 aromatic carbocycles. The number of unbranched alkanes of at least 4 members (excludes halogenated alkanes) is 61. The molecule has 0 aliphatic carbocycles. The van der Waals surface area contributed by atoms with E-state index in [9.17, 15) is 43.2 Å². The van der Waals surface area contributed by atoms with Crippen molar-refractivity contribution in [3.05, 3.63) is 0 Å². The molecule has 0 rings (SSSR count). The molecule has 0 amide bonds. The van der Waals surface area contributed by atoms with Gasteiger partial charge in [-0.3, -0.25) is 37.3 Å². The Balaban J connectivity index is 5.21. The number of hydrogen-bond acceptors (Lipinski definition) is 15. The minimum absolute atomic E-state index is 0.108. The molecule has 0 aromatic heterocycles. The lowest BCUT2D eigenvalue weighted by Gasteiger charge is -2.21. The number of ether oxygens (including phenoxy) is 4. The minimum atomic E-state index is -4.96. The Morgan fingerprint density at radius 1 is 0.229 bits per heavy atom. The molecule has 19 heteroatoms. The van der Waals surface area contributed by atoms with E-state index in [-0.39, 0.29) is 25.7 Å². The van der Waals surface area contributed by atoms with Crippen molar-refractivity contribution in [2.75, 3.05) is 39.6 Å². The second kappa shape index (κ2) is 80.1. The molecule has 0 saturated heterocycles. The molecule has 3 N–H and O–H groups in total. The van der Waals surface area contributed by atoms with Crippen molar-refractivity contribution in [3.63, 3.8) is 0 Å². The fourth-order valence-electron chi connectivity index (χ4n) is 13.5. The van der Waals surface area contributed by atoms with Crippen molar-refractivity contribution in [1.29, 1.82) is 0 Å². The van der Waals surface area contributed by atoms with Gasteiger partial charge in [0.25, 0.3) is 0 Å². The maximum absolute atomic E-state index is 13.1. The second-order valence-corrected chi connectivity index (χ2v) is 33.8. The first-order valence-corrected chi connectivity index (χ1v) is 47.8. The number of rotatable bonds is 87. The van der Waals surface area contributed by atoms with E-state index in [0.29, 0.717) is 25.7 Å². The lowest BCUT2D eigenvalue weighted by atomic mass is 10.0. The van der Waals surface area contributed by atoms with Crippen LogP contribution in [0, 0.1) is 0 Å². The van der Waals surface area contributed by atoms with Crippen LogP contribution in [0.15, 0.2) is 0 Å². The molecule has 0 fully saturated rings. The Labute approximate surface area is 645 Å². The summed E-state index contributed by atoms with van der Waals surface area (Å²) < 4.78 is 68.9. The van der Waals surface area contributed by atoms with E-state index in [1.165, 1.54) is 302 Å². The molecule has 0 heterocycles. The topological polar surface area (TPSA) is 237 Å². The van der Waals surface area contributed by atoms with E-state index in [2.05, 4.69) is 27.7 Å². The Morgan fingerprint density at radius 2 is 0.381 bits per heavy atom. The highest BCUT2D eigenvalue weighted by atomic mass is 31.2. The maximum Gasteiger partial charge on any atom is 0.472 e. The average molecular weight is 1540 g/mol. The van der Waals surface area contributed by atoms with Gasteiger partial charge in [0.05, 0.1) is 26.4 Å². The lowest BCUT2D eigenvalue weighted by molar-refractivity contribution is -0.161. The summed E-state index contributed by atoms with van der Waals surface area (Å²) in [5.74, 6) is -2.10. The van der Waals surface area contributed by atoms with Gasteiger partial charge in [-0.1, -0.05) is 419 Å². The largest absolute Gasteiger partial charge is 0.472 e. The van der Waals surface area contributed by atoms with Gasteiger partial charge in [0.1, 0.15) is 19.3 Å². The molecular formula is C86H168O17P2. The van der Waals surface area contributed by atoms with E-state index >= 15 is 0 Å². The van der Waals surface area contributed by atoms with Gasteiger partial charge in [-0.15, -0.1) is 0 Å². The highest BCUT2D eigenvalue weighted by Crippen LogP contribution is 2.45. The van der Waals surface area contributed by atoms with Crippen LogP contribution in [-0.2, 0) is 65.4 Å². The molecule has 0 aliphatic heterocycles. The molecule has 17 nitrogen and oxygen atoms in total. The number of esters is 4. The highest BCUT2D eigenvalue weighted by molar-refractivity contribution is 7.47. The molecule has 0 aromatic rings. The number of aliphatic hydroxyl groups excluding tert-OH is 1. The number of hydrogen-bond donors (Lipinski definition) is 3. The Kier molecular flexibility index (Phi) is 78.6. The highest BCUT2D eigenvalue weighted by Gasteiger charge is 2.30. The van der Waals surface area contributed by atoms with Crippen LogP contribution >= 0.6 is 15.6 Å². The van der Waals surface area contributed by atoms with Crippen LogP contribution in [0.25, 0.3) is 0 Å². The van der Waals surface area contributed by atoms with Gasteiger partial charge in [-0.25, -0.2) is 9.13 Å². The van der Waals surface area contributed by atoms with Gasteiger partial charge in [0, 0.05) is 25.7 Å². The van der Waals surface area contributed by atoms with Gasteiger partial charge in [0.2, 0.25) is 0 Å². The van der Waals surface area contributed by atoms with Crippen LogP contribution in [0.3, 0.4) is 0 Å². The summed E-state index contributed by atoms with van der Waals surface area (Å²) in [5.41, 5.74) is 0. The van der Waals surface area contributed by atoms with Crippen LogP contribution in [0.2, 0.25) is 0 Å². The van der Waals surface area contributed by atoms with Gasteiger partial charge < -0.3 is 33.8 Å². The minimum Gasteiger partial charge on any atom is -0.462 e. The zero-order valence-corrected chi connectivity index (χ0v) is 70.5. The molecule has 0 spiro atoms. The molecule has 2 unspecified atom stereocenters. The SMILES string of the molecule is CCCCCCCCCCCCCCCCCCCCCCCC(=O)O[C@H](COC(=O)CCCCCCCCCCCCCCCCCCCCCC)COP(=O)(O)OC[C@@H](O)COP(=O)(O)OC[C@@H](COC(=O)CCCCCCCCCCCCCC)OC(=O)CCCCCCCCCCCCCC. The molecule has 0 bridgehead atoms. The Hall–Kier alpha value is -1.94. The first-order chi connectivity index (χ1) is 51.2. The summed E-state index contributed by atoms with van der Waals surface area (Å²) in [5, 5.41) is 10.7. The van der Waals surface area contributed by atoms with Crippen molar-refractivity contribution in [2.24, 2.45) is 0 Å². The molecule has 0 aliphatic rings. The molecule has 0 saturated carbocycles. The van der Waals surface area contributed by atoms with Crippen LogP contribution in [0.1, 0.15) is 471 Å². The van der Waals surface area contributed by atoms with Crippen molar-refractivity contribution < 1.29 is 80.2 Å². The van der Waals surface area contributed by atoms with E-state index in [4.69, 9.17) is 37.0 Å². The predicted molar refractivity (Wildman–Crippen MR) is 432 cm³/mol. The Morgan fingerprint density at radius 3 is 0.562 bits per heavy atom. The van der Waals surface area contributed by atoms with Gasteiger partial charge in [-0.2, -0.15) is 0 Å². The third kappa shape index (κ3) is 79.9. The van der Waals surface area contributed by atoms with E-state index in [1.54, 1.807) is 0 Å². The number of aliphatic hydroxyl groups is 1.